The van der Waals surface area contributed by atoms with E-state index in [1.165, 1.54) is 6.07 Å². The number of piperazine rings is 1. The summed E-state index contributed by atoms with van der Waals surface area (Å²) in [7, 11) is 2.03. The molecule has 2 aliphatic rings. The van der Waals surface area contributed by atoms with Gasteiger partial charge in [0.25, 0.3) is 5.91 Å². The predicted octanol–water partition coefficient (Wildman–Crippen LogP) is 2.60. The van der Waals surface area contributed by atoms with Crippen LogP contribution in [0.25, 0.3) is 10.9 Å². The third-order valence-electron chi connectivity index (χ3n) is 6.30. The van der Waals surface area contributed by atoms with Crippen molar-refractivity contribution in [2.45, 2.75) is 13.0 Å². The van der Waals surface area contributed by atoms with Crippen molar-refractivity contribution in [3.8, 4) is 5.75 Å². The topological polar surface area (TPSA) is 78.8 Å². The summed E-state index contributed by atoms with van der Waals surface area (Å²) < 4.78 is 23.2. The molecule has 33 heavy (non-hydrogen) atoms. The zero-order valence-corrected chi connectivity index (χ0v) is 18.6. The normalized spacial score (nSPS) is 18.2. The van der Waals surface area contributed by atoms with E-state index in [-0.39, 0.29) is 17.0 Å². The first-order chi connectivity index (χ1) is 15.9. The Morgan fingerprint density at radius 3 is 2.61 bits per heavy atom. The number of amides is 1. The smallest absolute Gasteiger partial charge is 0.275 e. The van der Waals surface area contributed by atoms with E-state index in [4.69, 9.17) is 4.74 Å². The second kappa shape index (κ2) is 8.40. The van der Waals surface area contributed by atoms with Gasteiger partial charge >= 0.3 is 0 Å². The van der Waals surface area contributed by atoms with Crippen LogP contribution in [0.1, 0.15) is 23.3 Å². The molecule has 1 amide bonds. The standard InChI is InChI=1S/C24H26FN5O3/c1-15-14-33-23-20-17(12-19(25)21(23)29-10-8-28(2)9-11-29)22(31)18(13-30(15)20)24(32)27-26-16-6-4-3-5-7-16/h3-7,12-13,15,26H,8-11,14H2,1-2H3,(H,27,32). The Hall–Kier alpha value is -3.59. The molecule has 5 rings (SSSR count). The molecule has 3 heterocycles. The van der Waals surface area contributed by atoms with Crippen LogP contribution in [0.2, 0.25) is 0 Å². The summed E-state index contributed by atoms with van der Waals surface area (Å²) in [4.78, 5) is 30.3. The maximum absolute atomic E-state index is 15.4. The Kier molecular flexibility index (Phi) is 5.41. The molecule has 0 bridgehead atoms. The summed E-state index contributed by atoms with van der Waals surface area (Å²) in [6, 6.07) is 10.2. The van der Waals surface area contributed by atoms with E-state index in [1.807, 2.05) is 41.6 Å². The fourth-order valence-electron chi connectivity index (χ4n) is 4.42. The van der Waals surface area contributed by atoms with Gasteiger partial charge in [0, 0.05) is 32.4 Å². The summed E-state index contributed by atoms with van der Waals surface area (Å²) in [6.07, 6.45) is 1.55. The molecule has 1 fully saturated rings. The number of para-hydroxylation sites is 1. The average Bonchev–Trinajstić information content (AvgIpc) is 2.82. The van der Waals surface area contributed by atoms with Crippen molar-refractivity contribution in [2.24, 2.45) is 0 Å². The molecule has 1 unspecified atom stereocenters. The Balaban J connectivity index is 1.58. The molecule has 2 aliphatic heterocycles. The van der Waals surface area contributed by atoms with Crippen LogP contribution >= 0.6 is 0 Å². The van der Waals surface area contributed by atoms with Gasteiger partial charge in [-0.25, -0.2) is 4.39 Å². The van der Waals surface area contributed by atoms with E-state index < -0.39 is 17.2 Å². The summed E-state index contributed by atoms with van der Waals surface area (Å²) in [6.45, 7) is 5.22. The van der Waals surface area contributed by atoms with Crippen molar-refractivity contribution in [3.05, 3.63) is 64.2 Å². The van der Waals surface area contributed by atoms with Crippen LogP contribution in [0.4, 0.5) is 15.8 Å². The maximum atomic E-state index is 15.4. The predicted molar refractivity (Wildman–Crippen MR) is 126 cm³/mol. The minimum atomic E-state index is -0.585. The van der Waals surface area contributed by atoms with Gasteiger partial charge in [0.05, 0.1) is 22.6 Å². The van der Waals surface area contributed by atoms with Crippen molar-refractivity contribution in [1.82, 2.24) is 14.9 Å². The van der Waals surface area contributed by atoms with Crippen LogP contribution in [0.5, 0.6) is 5.75 Å². The molecule has 9 heteroatoms. The van der Waals surface area contributed by atoms with E-state index in [2.05, 4.69) is 15.8 Å². The zero-order chi connectivity index (χ0) is 23.1. The quantitative estimate of drug-likeness (QED) is 0.594. The molecular weight excluding hydrogens is 425 g/mol. The molecule has 1 atom stereocenters. The van der Waals surface area contributed by atoms with Crippen molar-refractivity contribution in [2.75, 3.05) is 50.2 Å². The molecule has 3 aromatic rings. The zero-order valence-electron chi connectivity index (χ0n) is 18.6. The molecule has 1 saturated heterocycles. The number of carbonyl (C=O) groups is 1. The molecule has 172 valence electrons. The maximum Gasteiger partial charge on any atom is 0.275 e. The molecule has 2 aromatic carbocycles. The highest BCUT2D eigenvalue weighted by Crippen LogP contribution is 2.42. The Bertz CT molecular complexity index is 1270. The van der Waals surface area contributed by atoms with Crippen LogP contribution in [0, 0.1) is 5.82 Å². The van der Waals surface area contributed by atoms with Crippen LogP contribution < -0.4 is 25.9 Å². The van der Waals surface area contributed by atoms with Gasteiger partial charge in [0.15, 0.2) is 11.6 Å². The lowest BCUT2D eigenvalue weighted by Gasteiger charge is -2.37. The van der Waals surface area contributed by atoms with Gasteiger partial charge in [0.2, 0.25) is 5.43 Å². The largest absolute Gasteiger partial charge is 0.487 e. The molecule has 0 radical (unpaired) electrons. The second-order valence-electron chi connectivity index (χ2n) is 8.61. The first-order valence-corrected chi connectivity index (χ1v) is 11.0. The SMILES string of the molecule is CC1COc2c(N3CCN(C)CC3)c(F)cc3c(=O)c(C(=O)NNc4ccccc4)cn1c23. The van der Waals surface area contributed by atoms with Gasteiger partial charge in [-0.2, -0.15) is 0 Å². The highest BCUT2D eigenvalue weighted by molar-refractivity contribution is 6.00. The Morgan fingerprint density at radius 1 is 1.15 bits per heavy atom. The van der Waals surface area contributed by atoms with Crippen LogP contribution in [-0.4, -0.2) is 55.2 Å². The Morgan fingerprint density at radius 2 is 1.88 bits per heavy atom. The van der Waals surface area contributed by atoms with Gasteiger partial charge in [-0.1, -0.05) is 18.2 Å². The summed E-state index contributed by atoms with van der Waals surface area (Å²) in [5.74, 6) is -0.724. The monoisotopic (exact) mass is 451 g/mol. The number of rotatable bonds is 4. The van der Waals surface area contributed by atoms with E-state index in [0.717, 1.165) is 13.1 Å². The second-order valence-corrected chi connectivity index (χ2v) is 8.61. The van der Waals surface area contributed by atoms with Gasteiger partial charge in [0.1, 0.15) is 17.9 Å². The van der Waals surface area contributed by atoms with Crippen molar-refractivity contribution in [3.63, 3.8) is 0 Å². The summed E-state index contributed by atoms with van der Waals surface area (Å²) >= 11 is 0. The van der Waals surface area contributed by atoms with Crippen molar-refractivity contribution in [1.29, 1.82) is 0 Å². The van der Waals surface area contributed by atoms with E-state index in [0.29, 0.717) is 42.3 Å². The minimum Gasteiger partial charge on any atom is -0.487 e. The van der Waals surface area contributed by atoms with Gasteiger partial charge in [-0.15, -0.1) is 0 Å². The van der Waals surface area contributed by atoms with Gasteiger partial charge in [-0.05, 0) is 32.2 Å². The highest BCUT2D eigenvalue weighted by Gasteiger charge is 2.31. The lowest BCUT2D eigenvalue weighted by molar-refractivity contribution is 0.0960. The number of aromatic nitrogens is 1. The number of nitrogens with zero attached hydrogens (tertiary/aromatic N) is 3. The van der Waals surface area contributed by atoms with Crippen molar-refractivity contribution >= 4 is 28.2 Å². The molecule has 0 aliphatic carbocycles. The molecule has 0 spiro atoms. The van der Waals surface area contributed by atoms with E-state index in [1.54, 1.807) is 18.3 Å². The molecule has 2 N–H and O–H groups in total. The number of likely N-dealkylation sites (N-methyl/N-ethyl adjacent to an activating group) is 1. The van der Waals surface area contributed by atoms with Crippen LogP contribution in [-0.2, 0) is 0 Å². The lowest BCUT2D eigenvalue weighted by atomic mass is 10.0. The van der Waals surface area contributed by atoms with Gasteiger partial charge < -0.3 is 19.1 Å². The number of anilines is 2. The van der Waals surface area contributed by atoms with Gasteiger partial charge in [-0.3, -0.25) is 20.4 Å². The number of benzene rings is 2. The third kappa shape index (κ3) is 3.78. The fourth-order valence-corrected chi connectivity index (χ4v) is 4.42. The van der Waals surface area contributed by atoms with E-state index >= 15 is 4.39 Å². The molecule has 1 aromatic heterocycles. The first kappa shape index (κ1) is 21.3. The fraction of sp³-hybridized carbons (Fsp3) is 0.333. The molecule has 0 saturated carbocycles. The summed E-state index contributed by atoms with van der Waals surface area (Å²) in [5, 5.41) is 0.138. The third-order valence-corrected chi connectivity index (χ3v) is 6.30. The van der Waals surface area contributed by atoms with E-state index in [9.17, 15) is 9.59 Å². The first-order valence-electron chi connectivity index (χ1n) is 11.0. The number of hydrogen-bond acceptors (Lipinski definition) is 6. The number of ether oxygens (including phenoxy) is 1. The lowest BCUT2D eigenvalue weighted by Crippen LogP contribution is -2.45. The number of hydrogen-bond donors (Lipinski definition) is 2. The molecule has 8 nitrogen and oxygen atoms in total. The number of nitrogens with one attached hydrogen (secondary N) is 2. The number of hydrazine groups is 1. The number of halogens is 1. The summed E-state index contributed by atoms with van der Waals surface area (Å²) in [5.41, 5.74) is 6.37. The molecular formula is C24H26FN5O3. The number of pyridine rings is 1. The Labute approximate surface area is 190 Å². The van der Waals surface area contributed by atoms with Crippen LogP contribution in [0.3, 0.4) is 0 Å². The minimum absolute atomic E-state index is 0.0580. The van der Waals surface area contributed by atoms with Crippen molar-refractivity contribution < 1.29 is 13.9 Å². The number of carbonyl (C=O) groups excluding carboxylic acids is 1. The highest BCUT2D eigenvalue weighted by atomic mass is 19.1. The van der Waals surface area contributed by atoms with Crippen LogP contribution in [0.15, 0.2) is 47.4 Å². The average molecular weight is 452 g/mol.